The van der Waals surface area contributed by atoms with Crippen LogP contribution in [0.5, 0.6) is 0 Å². The van der Waals surface area contributed by atoms with Crippen molar-refractivity contribution in [1.82, 2.24) is 9.88 Å². The van der Waals surface area contributed by atoms with E-state index in [4.69, 9.17) is 4.74 Å². The van der Waals surface area contributed by atoms with E-state index in [2.05, 4.69) is 22.9 Å². The molecule has 1 aromatic heterocycles. The van der Waals surface area contributed by atoms with Gasteiger partial charge < -0.3 is 14.6 Å². The maximum Gasteiger partial charge on any atom is 0.337 e. The van der Waals surface area contributed by atoms with Crippen LogP contribution in [0.4, 0.5) is 0 Å². The topological polar surface area (TPSA) is 60.3 Å². The predicted molar refractivity (Wildman–Crippen MR) is 132 cm³/mol. The number of rotatable bonds is 6. The van der Waals surface area contributed by atoms with Gasteiger partial charge in [0, 0.05) is 35.8 Å². The van der Waals surface area contributed by atoms with E-state index in [0.29, 0.717) is 22.9 Å². The van der Waals surface area contributed by atoms with Crippen molar-refractivity contribution in [3.8, 4) is 0 Å². The van der Waals surface area contributed by atoms with Gasteiger partial charge in [0.1, 0.15) is 0 Å². The van der Waals surface area contributed by atoms with Crippen LogP contribution in [0.25, 0.3) is 10.9 Å². The van der Waals surface area contributed by atoms with Gasteiger partial charge in [-0.15, -0.1) is 0 Å². The molecule has 3 fully saturated rings. The van der Waals surface area contributed by atoms with Gasteiger partial charge in [0.2, 0.25) is 0 Å². The number of carbonyl (C=O) groups excluding carboxylic acids is 2. The van der Waals surface area contributed by atoms with Gasteiger partial charge in [0.05, 0.1) is 12.7 Å². The zero-order valence-corrected chi connectivity index (χ0v) is 20.0. The SMILES string of the molecule is COC(=O)c1ccc(Cn2ccc3cc(C(=O)NCC45CC(C)CC6(CC6C4)C5)ccc32)cc1. The third-order valence-electron chi connectivity index (χ3n) is 8.69. The lowest BCUT2D eigenvalue weighted by molar-refractivity contribution is 0.0600. The number of nitrogens with one attached hydrogen (secondary N) is 1. The van der Waals surface area contributed by atoms with Crippen LogP contribution in [-0.2, 0) is 11.3 Å². The molecule has 1 amide bonds. The zero-order chi connectivity index (χ0) is 23.5. The van der Waals surface area contributed by atoms with Gasteiger partial charge in [-0.25, -0.2) is 4.79 Å². The minimum absolute atomic E-state index is 0.0373. The van der Waals surface area contributed by atoms with Crippen molar-refractivity contribution in [3.05, 3.63) is 71.4 Å². The monoisotopic (exact) mass is 456 g/mol. The molecule has 1 heterocycles. The largest absolute Gasteiger partial charge is 0.465 e. The Balaban J connectivity index is 1.13. The second kappa shape index (κ2) is 7.72. The van der Waals surface area contributed by atoms with Crippen molar-refractivity contribution in [2.75, 3.05) is 13.7 Å². The molecular formula is C29H32N2O3. The molecule has 2 bridgehead atoms. The van der Waals surface area contributed by atoms with Crippen molar-refractivity contribution in [2.24, 2.45) is 22.7 Å². The summed E-state index contributed by atoms with van der Waals surface area (Å²) >= 11 is 0. The van der Waals surface area contributed by atoms with Crippen molar-refractivity contribution < 1.29 is 14.3 Å². The number of hydrogen-bond acceptors (Lipinski definition) is 3. The molecule has 0 saturated heterocycles. The fourth-order valence-electron chi connectivity index (χ4n) is 7.38. The molecule has 34 heavy (non-hydrogen) atoms. The lowest BCUT2D eigenvalue weighted by atomic mass is 9.67. The summed E-state index contributed by atoms with van der Waals surface area (Å²) in [5.41, 5.74) is 4.42. The average Bonchev–Trinajstić information content (AvgIpc) is 3.19. The number of nitrogens with zero attached hydrogens (tertiary/aromatic N) is 1. The standard InChI is InChI=1S/C29H32N2O3/c1-19-12-28(14-24-15-29(24,13-19)17-28)18-30-26(32)23-7-8-25-22(11-23)9-10-31(25)16-20-3-5-21(6-4-20)27(33)34-2/h3-11,19,24H,12-18H2,1-2H3,(H,30,32). The Morgan fingerprint density at radius 1 is 1.03 bits per heavy atom. The first-order chi connectivity index (χ1) is 16.4. The maximum absolute atomic E-state index is 13.0. The molecule has 3 saturated carbocycles. The number of methoxy groups -OCH3 is 1. The Morgan fingerprint density at radius 2 is 1.82 bits per heavy atom. The molecule has 1 N–H and O–H groups in total. The van der Waals surface area contributed by atoms with E-state index < -0.39 is 0 Å². The van der Waals surface area contributed by atoms with Gasteiger partial charge in [-0.3, -0.25) is 4.79 Å². The Bertz CT molecular complexity index is 1270. The first-order valence-corrected chi connectivity index (χ1v) is 12.4. The highest BCUT2D eigenvalue weighted by Gasteiger charge is 2.67. The third-order valence-corrected chi connectivity index (χ3v) is 8.69. The van der Waals surface area contributed by atoms with Gasteiger partial charge in [-0.05, 0) is 96.7 Å². The molecular weight excluding hydrogens is 424 g/mol. The van der Waals surface area contributed by atoms with Crippen LogP contribution in [0.3, 0.4) is 0 Å². The fourth-order valence-corrected chi connectivity index (χ4v) is 7.38. The molecule has 3 aromatic rings. The lowest BCUT2D eigenvalue weighted by Crippen LogP contribution is -2.40. The maximum atomic E-state index is 13.0. The number of amides is 1. The summed E-state index contributed by atoms with van der Waals surface area (Å²) in [6.07, 6.45) is 8.76. The summed E-state index contributed by atoms with van der Waals surface area (Å²) < 4.78 is 6.93. The Kier molecular flexibility index (Phi) is 4.87. The van der Waals surface area contributed by atoms with E-state index in [1.54, 1.807) is 12.1 Å². The summed E-state index contributed by atoms with van der Waals surface area (Å²) in [5, 5.41) is 4.35. The van der Waals surface area contributed by atoms with Gasteiger partial charge in [0.15, 0.2) is 0 Å². The number of ether oxygens (including phenoxy) is 1. The molecule has 5 nitrogen and oxygen atoms in total. The summed E-state index contributed by atoms with van der Waals surface area (Å²) in [6, 6.07) is 15.5. The molecule has 3 aliphatic carbocycles. The van der Waals surface area contributed by atoms with Crippen LogP contribution in [-0.4, -0.2) is 30.1 Å². The van der Waals surface area contributed by atoms with E-state index in [1.165, 1.54) is 39.2 Å². The molecule has 3 aliphatic rings. The minimum atomic E-state index is -0.328. The molecule has 2 aromatic carbocycles. The van der Waals surface area contributed by atoms with E-state index in [1.807, 2.05) is 36.5 Å². The highest BCUT2D eigenvalue weighted by molar-refractivity contribution is 5.98. The Morgan fingerprint density at radius 3 is 2.62 bits per heavy atom. The van der Waals surface area contributed by atoms with Crippen LogP contribution in [0.15, 0.2) is 54.7 Å². The molecule has 1 spiro atoms. The summed E-state index contributed by atoms with van der Waals surface area (Å²) in [5.74, 6) is 1.41. The van der Waals surface area contributed by atoms with Crippen LogP contribution in [0, 0.1) is 22.7 Å². The molecule has 4 atom stereocenters. The lowest BCUT2D eigenvalue weighted by Gasteiger charge is -2.40. The quantitative estimate of drug-likeness (QED) is 0.504. The van der Waals surface area contributed by atoms with Gasteiger partial charge in [0.25, 0.3) is 5.91 Å². The summed E-state index contributed by atoms with van der Waals surface area (Å²) in [4.78, 5) is 24.7. The first kappa shape index (κ1) is 21.5. The normalized spacial score (nSPS) is 29.0. The summed E-state index contributed by atoms with van der Waals surface area (Å²) in [7, 11) is 1.39. The first-order valence-electron chi connectivity index (χ1n) is 12.4. The number of benzene rings is 2. The molecule has 0 aliphatic heterocycles. The van der Waals surface area contributed by atoms with E-state index >= 15 is 0 Å². The van der Waals surface area contributed by atoms with Crippen molar-refractivity contribution in [2.45, 2.75) is 45.6 Å². The molecule has 5 heteroatoms. The van der Waals surface area contributed by atoms with Crippen LogP contribution in [0.2, 0.25) is 0 Å². The number of esters is 1. The number of hydrogen-bond donors (Lipinski definition) is 1. The Hall–Kier alpha value is -3.08. The smallest absolute Gasteiger partial charge is 0.337 e. The Labute approximate surface area is 200 Å². The number of aromatic nitrogens is 1. The van der Waals surface area contributed by atoms with Crippen LogP contribution in [0.1, 0.15) is 65.3 Å². The fraction of sp³-hybridized carbons (Fsp3) is 0.448. The zero-order valence-electron chi connectivity index (χ0n) is 20.0. The van der Waals surface area contributed by atoms with Gasteiger partial charge in [-0.2, -0.15) is 0 Å². The number of fused-ring (bicyclic) bond motifs is 2. The van der Waals surface area contributed by atoms with E-state index in [0.717, 1.165) is 40.4 Å². The number of carbonyl (C=O) groups is 2. The summed E-state index contributed by atoms with van der Waals surface area (Å²) in [6.45, 7) is 3.90. The van der Waals surface area contributed by atoms with Crippen LogP contribution < -0.4 is 5.32 Å². The predicted octanol–water partition coefficient (Wildman–Crippen LogP) is 5.42. The van der Waals surface area contributed by atoms with Gasteiger partial charge in [-0.1, -0.05) is 19.1 Å². The third kappa shape index (κ3) is 3.62. The molecule has 0 radical (unpaired) electrons. The van der Waals surface area contributed by atoms with Crippen molar-refractivity contribution in [3.63, 3.8) is 0 Å². The van der Waals surface area contributed by atoms with Gasteiger partial charge >= 0.3 is 5.97 Å². The van der Waals surface area contributed by atoms with E-state index in [-0.39, 0.29) is 11.9 Å². The molecule has 4 unspecified atom stereocenters. The highest BCUT2D eigenvalue weighted by Crippen LogP contribution is 2.75. The second-order valence-electron chi connectivity index (χ2n) is 11.2. The van der Waals surface area contributed by atoms with Crippen molar-refractivity contribution >= 4 is 22.8 Å². The van der Waals surface area contributed by atoms with Crippen molar-refractivity contribution in [1.29, 1.82) is 0 Å². The average molecular weight is 457 g/mol. The van der Waals surface area contributed by atoms with E-state index in [9.17, 15) is 9.59 Å². The molecule has 176 valence electrons. The minimum Gasteiger partial charge on any atom is -0.465 e. The van der Waals surface area contributed by atoms with Crippen LogP contribution >= 0.6 is 0 Å². The highest BCUT2D eigenvalue weighted by atomic mass is 16.5. The second-order valence-corrected chi connectivity index (χ2v) is 11.2. The molecule has 6 rings (SSSR count).